The molecule has 0 unspecified atom stereocenters. The molecule has 5 rings (SSSR count). The molecule has 9 nitrogen and oxygen atoms in total. The highest BCUT2D eigenvalue weighted by Gasteiger charge is 2.38. The van der Waals surface area contributed by atoms with Crippen LogP contribution in [0.1, 0.15) is 27.1 Å². The van der Waals surface area contributed by atoms with Crippen molar-refractivity contribution in [3.8, 4) is 5.75 Å². The molecule has 0 radical (unpaired) electrons. The van der Waals surface area contributed by atoms with Crippen LogP contribution in [-0.4, -0.2) is 78.9 Å². The van der Waals surface area contributed by atoms with E-state index in [1.165, 1.54) is 4.90 Å². The van der Waals surface area contributed by atoms with Crippen LogP contribution < -0.4 is 9.64 Å². The first kappa shape index (κ1) is 21.1. The Balaban J connectivity index is 1.31. The van der Waals surface area contributed by atoms with E-state index in [0.717, 1.165) is 4.90 Å². The molecule has 1 saturated heterocycles. The molecule has 4 amide bonds. The number of anilines is 1. The molecule has 0 spiro atoms. The maximum absolute atomic E-state index is 13.2. The zero-order valence-corrected chi connectivity index (χ0v) is 17.9. The summed E-state index contributed by atoms with van der Waals surface area (Å²) in [5.41, 5.74) is 1.27. The third-order valence-electron chi connectivity index (χ3n) is 6.10. The molecule has 0 aliphatic carbocycles. The van der Waals surface area contributed by atoms with Crippen molar-refractivity contribution >= 4 is 29.3 Å². The molecular weight excluding hydrogens is 426 g/mol. The molecule has 2 aromatic rings. The number of fused-ring (bicyclic) bond motifs is 2. The maximum atomic E-state index is 13.2. The smallest absolute Gasteiger partial charge is 0.265 e. The summed E-state index contributed by atoms with van der Waals surface area (Å²) >= 11 is 0. The first-order valence-electron chi connectivity index (χ1n) is 10.9. The highest BCUT2D eigenvalue weighted by molar-refractivity contribution is 6.21. The largest absolute Gasteiger partial charge is 0.476 e. The van der Waals surface area contributed by atoms with Gasteiger partial charge in [-0.2, -0.15) is 0 Å². The van der Waals surface area contributed by atoms with Gasteiger partial charge in [0.15, 0.2) is 6.10 Å². The summed E-state index contributed by atoms with van der Waals surface area (Å²) in [7, 11) is 0. The Morgan fingerprint density at radius 2 is 1.55 bits per heavy atom. The molecule has 0 N–H and O–H groups in total. The number of para-hydroxylation sites is 2. The molecule has 9 heteroatoms. The van der Waals surface area contributed by atoms with Crippen LogP contribution in [0.3, 0.4) is 0 Å². The molecule has 2 aromatic carbocycles. The summed E-state index contributed by atoms with van der Waals surface area (Å²) in [5.74, 6) is -0.824. The number of morpholine rings is 1. The van der Waals surface area contributed by atoms with Crippen LogP contribution in [0.15, 0.2) is 48.5 Å². The van der Waals surface area contributed by atoms with E-state index in [1.54, 1.807) is 53.4 Å². The molecule has 1 fully saturated rings. The Hall–Kier alpha value is -3.72. The van der Waals surface area contributed by atoms with Crippen molar-refractivity contribution in [1.82, 2.24) is 9.80 Å². The summed E-state index contributed by atoms with van der Waals surface area (Å²) in [6.07, 6.45) is -0.889. The summed E-state index contributed by atoms with van der Waals surface area (Å²) < 4.78 is 11.3. The predicted molar refractivity (Wildman–Crippen MR) is 117 cm³/mol. The molecule has 3 aliphatic rings. The first-order chi connectivity index (χ1) is 16.0. The van der Waals surface area contributed by atoms with E-state index in [0.29, 0.717) is 48.9 Å². The molecule has 1 atom stereocenters. The fourth-order valence-corrected chi connectivity index (χ4v) is 4.37. The van der Waals surface area contributed by atoms with Crippen LogP contribution >= 0.6 is 0 Å². The topological polar surface area (TPSA) is 96.5 Å². The average molecular weight is 449 g/mol. The summed E-state index contributed by atoms with van der Waals surface area (Å²) in [6.45, 7) is 1.93. The van der Waals surface area contributed by atoms with Crippen molar-refractivity contribution in [2.24, 2.45) is 0 Å². The molecule has 0 aromatic heterocycles. The van der Waals surface area contributed by atoms with Gasteiger partial charge in [0, 0.05) is 26.1 Å². The fraction of sp³-hybridized carbons (Fsp3) is 0.333. The highest BCUT2D eigenvalue weighted by atomic mass is 16.5. The molecule has 170 valence electrons. The fourth-order valence-electron chi connectivity index (χ4n) is 4.37. The number of hydrogen-bond acceptors (Lipinski definition) is 6. The zero-order chi connectivity index (χ0) is 22.9. The minimum absolute atomic E-state index is 0.0349. The molecule has 3 aliphatic heterocycles. The van der Waals surface area contributed by atoms with Gasteiger partial charge in [-0.05, 0) is 24.3 Å². The van der Waals surface area contributed by atoms with Gasteiger partial charge in [0.25, 0.3) is 17.7 Å². The molecule has 33 heavy (non-hydrogen) atoms. The van der Waals surface area contributed by atoms with Crippen LogP contribution in [0.4, 0.5) is 5.69 Å². The van der Waals surface area contributed by atoms with Crippen LogP contribution in [0, 0.1) is 0 Å². The van der Waals surface area contributed by atoms with E-state index >= 15 is 0 Å². The van der Waals surface area contributed by atoms with Gasteiger partial charge in [0.05, 0.1) is 36.6 Å². The van der Waals surface area contributed by atoms with Gasteiger partial charge in [0.1, 0.15) is 5.75 Å². The average Bonchev–Trinajstić information content (AvgIpc) is 3.11. The number of hydrogen-bond donors (Lipinski definition) is 0. The third kappa shape index (κ3) is 3.84. The van der Waals surface area contributed by atoms with Crippen LogP contribution in [-0.2, 0) is 14.3 Å². The van der Waals surface area contributed by atoms with Crippen molar-refractivity contribution in [2.45, 2.75) is 12.5 Å². The second-order valence-electron chi connectivity index (χ2n) is 8.07. The molecular formula is C24H23N3O6. The maximum Gasteiger partial charge on any atom is 0.265 e. The normalized spacial score (nSPS) is 19.8. The lowest BCUT2D eigenvalue weighted by Crippen LogP contribution is -2.54. The Morgan fingerprint density at radius 3 is 2.24 bits per heavy atom. The van der Waals surface area contributed by atoms with Crippen molar-refractivity contribution in [2.75, 3.05) is 44.3 Å². The van der Waals surface area contributed by atoms with Crippen LogP contribution in [0.2, 0.25) is 0 Å². The van der Waals surface area contributed by atoms with Crippen molar-refractivity contribution < 1.29 is 28.7 Å². The quantitative estimate of drug-likeness (QED) is 0.654. The van der Waals surface area contributed by atoms with E-state index < -0.39 is 17.9 Å². The standard InChI is InChI=1S/C24H23N3O6/c28-21(9-10-26-22(29)16-5-1-2-6-17(16)23(26)30)27-15-20(24(31)25-11-13-32-14-12-25)33-19-8-4-3-7-18(19)27/h1-8,20H,9-15H2/t20-/m0/s1. The lowest BCUT2D eigenvalue weighted by Gasteiger charge is -2.37. The van der Waals surface area contributed by atoms with Crippen molar-refractivity contribution in [3.05, 3.63) is 59.7 Å². The third-order valence-corrected chi connectivity index (χ3v) is 6.10. The minimum atomic E-state index is -0.832. The molecule has 3 heterocycles. The second-order valence-corrected chi connectivity index (χ2v) is 8.07. The Labute approximate surface area is 190 Å². The lowest BCUT2D eigenvalue weighted by molar-refractivity contribution is -0.142. The van der Waals surface area contributed by atoms with Gasteiger partial charge in [0.2, 0.25) is 5.91 Å². The lowest BCUT2D eigenvalue weighted by atomic mass is 10.1. The second kappa shape index (κ2) is 8.67. The summed E-state index contributed by atoms with van der Waals surface area (Å²) in [4.78, 5) is 55.8. The van der Waals surface area contributed by atoms with Crippen LogP contribution in [0.5, 0.6) is 5.75 Å². The number of imide groups is 1. The number of benzene rings is 2. The first-order valence-corrected chi connectivity index (χ1v) is 10.9. The number of ether oxygens (including phenoxy) is 2. The monoisotopic (exact) mass is 449 g/mol. The number of carbonyl (C=O) groups excluding carboxylic acids is 4. The van der Waals surface area contributed by atoms with Gasteiger partial charge < -0.3 is 19.3 Å². The Bertz CT molecular complexity index is 1090. The minimum Gasteiger partial charge on any atom is -0.476 e. The summed E-state index contributed by atoms with van der Waals surface area (Å²) in [6, 6.07) is 13.7. The summed E-state index contributed by atoms with van der Waals surface area (Å²) in [5, 5.41) is 0. The molecule has 0 bridgehead atoms. The van der Waals surface area contributed by atoms with E-state index in [1.807, 2.05) is 0 Å². The zero-order valence-electron chi connectivity index (χ0n) is 17.9. The van der Waals surface area contributed by atoms with E-state index in [-0.39, 0.29) is 31.3 Å². The van der Waals surface area contributed by atoms with E-state index in [9.17, 15) is 19.2 Å². The van der Waals surface area contributed by atoms with E-state index in [4.69, 9.17) is 9.47 Å². The van der Waals surface area contributed by atoms with Crippen molar-refractivity contribution in [1.29, 1.82) is 0 Å². The number of carbonyl (C=O) groups is 4. The number of rotatable bonds is 4. The Kier molecular flexibility index (Phi) is 5.55. The van der Waals surface area contributed by atoms with Crippen LogP contribution in [0.25, 0.3) is 0 Å². The number of amides is 4. The van der Waals surface area contributed by atoms with Gasteiger partial charge in [-0.3, -0.25) is 24.1 Å². The van der Waals surface area contributed by atoms with Gasteiger partial charge in [-0.15, -0.1) is 0 Å². The highest BCUT2D eigenvalue weighted by Crippen LogP contribution is 2.34. The predicted octanol–water partition coefficient (Wildman–Crippen LogP) is 1.33. The Morgan fingerprint density at radius 1 is 0.909 bits per heavy atom. The number of nitrogens with zero attached hydrogens (tertiary/aromatic N) is 3. The van der Waals surface area contributed by atoms with E-state index in [2.05, 4.69) is 0 Å². The molecule has 0 saturated carbocycles. The van der Waals surface area contributed by atoms with Gasteiger partial charge in [-0.25, -0.2) is 0 Å². The van der Waals surface area contributed by atoms with Crippen molar-refractivity contribution in [3.63, 3.8) is 0 Å². The SMILES string of the molecule is O=C([C@@H]1CN(C(=O)CCN2C(=O)c3ccccc3C2=O)c2ccccc2O1)N1CCOCC1. The van der Waals surface area contributed by atoms with Gasteiger partial charge in [-0.1, -0.05) is 24.3 Å². The van der Waals surface area contributed by atoms with Gasteiger partial charge >= 0.3 is 0 Å².